The van der Waals surface area contributed by atoms with E-state index in [-0.39, 0.29) is 17.9 Å². The van der Waals surface area contributed by atoms with E-state index in [2.05, 4.69) is 10.3 Å². The number of hydrogen-bond donors (Lipinski definition) is 2. The smallest absolute Gasteiger partial charge is 0.227 e. The van der Waals surface area contributed by atoms with Gasteiger partial charge in [-0.1, -0.05) is 12.5 Å². The lowest BCUT2D eigenvalue weighted by molar-refractivity contribution is -0.120. The number of anilines is 1. The van der Waals surface area contributed by atoms with Crippen LogP contribution in [0.5, 0.6) is 0 Å². The molecule has 1 fully saturated rings. The largest absolute Gasteiger partial charge is 0.328 e. The second-order valence-corrected chi connectivity index (χ2v) is 5.63. The summed E-state index contributed by atoms with van der Waals surface area (Å²) in [6.07, 6.45) is 9.12. The lowest BCUT2D eigenvalue weighted by Gasteiger charge is -2.25. The first-order chi connectivity index (χ1) is 10.2. The molecular weight excluding hydrogens is 264 g/mol. The lowest BCUT2D eigenvalue weighted by atomic mass is 9.85. The van der Waals surface area contributed by atoms with Gasteiger partial charge in [-0.25, -0.2) is 4.98 Å². The maximum Gasteiger partial charge on any atom is 0.227 e. The molecular formula is C16H20N4O. The Balaban J connectivity index is 1.70. The zero-order valence-corrected chi connectivity index (χ0v) is 11.9. The maximum absolute atomic E-state index is 12.3. The third-order valence-electron chi connectivity index (χ3n) is 4.00. The molecule has 3 rings (SSSR count). The molecule has 2 aromatic rings. The summed E-state index contributed by atoms with van der Waals surface area (Å²) in [5.74, 6) is 0.110. The molecule has 0 radical (unpaired) electrons. The van der Waals surface area contributed by atoms with E-state index in [1.54, 1.807) is 12.5 Å². The summed E-state index contributed by atoms with van der Waals surface area (Å²) in [4.78, 5) is 16.4. The molecule has 21 heavy (non-hydrogen) atoms. The first-order valence-corrected chi connectivity index (χ1v) is 7.37. The monoisotopic (exact) mass is 284 g/mol. The van der Waals surface area contributed by atoms with Gasteiger partial charge in [0.25, 0.3) is 0 Å². The third-order valence-corrected chi connectivity index (χ3v) is 4.00. The van der Waals surface area contributed by atoms with Gasteiger partial charge in [-0.05, 0) is 37.5 Å². The van der Waals surface area contributed by atoms with E-state index in [9.17, 15) is 4.79 Å². The van der Waals surface area contributed by atoms with Crippen molar-refractivity contribution in [2.75, 3.05) is 5.32 Å². The normalized spacial score (nSPS) is 22.0. The van der Waals surface area contributed by atoms with E-state index in [0.29, 0.717) is 0 Å². The number of hydrogen-bond acceptors (Lipinski definition) is 3. The summed E-state index contributed by atoms with van der Waals surface area (Å²) in [6, 6.07) is 7.92. The molecule has 0 aliphatic heterocycles. The Morgan fingerprint density at radius 3 is 3.05 bits per heavy atom. The second-order valence-electron chi connectivity index (χ2n) is 5.63. The molecule has 0 spiro atoms. The van der Waals surface area contributed by atoms with Crippen LogP contribution in [0.25, 0.3) is 5.69 Å². The number of nitrogens with two attached hydrogens (primary N) is 1. The summed E-state index contributed by atoms with van der Waals surface area (Å²) >= 11 is 0. The fourth-order valence-electron chi connectivity index (χ4n) is 2.87. The molecule has 2 atom stereocenters. The van der Waals surface area contributed by atoms with Crippen LogP contribution in [-0.4, -0.2) is 21.5 Å². The Morgan fingerprint density at radius 2 is 2.29 bits per heavy atom. The van der Waals surface area contributed by atoms with Crippen LogP contribution in [0.2, 0.25) is 0 Å². The van der Waals surface area contributed by atoms with Crippen LogP contribution in [0.4, 0.5) is 5.69 Å². The number of nitrogens with one attached hydrogen (secondary N) is 1. The summed E-state index contributed by atoms with van der Waals surface area (Å²) in [6.45, 7) is 0. The van der Waals surface area contributed by atoms with Crippen LogP contribution >= 0.6 is 0 Å². The highest BCUT2D eigenvalue weighted by atomic mass is 16.1. The molecule has 1 aliphatic rings. The summed E-state index contributed by atoms with van der Waals surface area (Å²) in [5, 5.41) is 3.01. The van der Waals surface area contributed by atoms with Gasteiger partial charge in [0.2, 0.25) is 5.91 Å². The van der Waals surface area contributed by atoms with Crippen molar-refractivity contribution in [2.24, 2.45) is 11.7 Å². The Labute approximate surface area is 124 Å². The molecule has 1 saturated carbocycles. The van der Waals surface area contributed by atoms with Crippen molar-refractivity contribution in [1.82, 2.24) is 9.55 Å². The zero-order chi connectivity index (χ0) is 14.7. The summed E-state index contributed by atoms with van der Waals surface area (Å²) in [5.41, 5.74) is 7.74. The molecule has 0 saturated heterocycles. The molecule has 1 heterocycles. The van der Waals surface area contributed by atoms with Crippen molar-refractivity contribution in [3.8, 4) is 5.69 Å². The Hall–Kier alpha value is -2.14. The number of imidazole rings is 1. The Morgan fingerprint density at radius 1 is 1.38 bits per heavy atom. The Bertz CT molecular complexity index is 608. The molecule has 1 amide bonds. The number of nitrogens with zero attached hydrogens (tertiary/aromatic N) is 2. The van der Waals surface area contributed by atoms with Gasteiger partial charge in [0.05, 0.1) is 6.33 Å². The van der Waals surface area contributed by atoms with E-state index in [4.69, 9.17) is 5.73 Å². The highest BCUT2D eigenvalue weighted by molar-refractivity contribution is 5.92. The maximum atomic E-state index is 12.3. The Kier molecular flexibility index (Phi) is 4.01. The fraction of sp³-hybridized carbons (Fsp3) is 0.375. The number of aromatic nitrogens is 2. The van der Waals surface area contributed by atoms with E-state index >= 15 is 0 Å². The number of rotatable bonds is 3. The van der Waals surface area contributed by atoms with Crippen molar-refractivity contribution in [2.45, 2.75) is 31.7 Å². The number of amides is 1. The first-order valence-electron chi connectivity index (χ1n) is 7.37. The lowest BCUT2D eigenvalue weighted by Crippen LogP contribution is -2.34. The van der Waals surface area contributed by atoms with Crippen molar-refractivity contribution in [3.05, 3.63) is 43.0 Å². The van der Waals surface area contributed by atoms with E-state index < -0.39 is 0 Å². The molecule has 5 nitrogen and oxygen atoms in total. The molecule has 1 aliphatic carbocycles. The van der Waals surface area contributed by atoms with Crippen LogP contribution in [0.3, 0.4) is 0 Å². The fourth-order valence-corrected chi connectivity index (χ4v) is 2.87. The molecule has 2 unspecified atom stereocenters. The number of carbonyl (C=O) groups is 1. The SMILES string of the molecule is NC1CCCC(C(=O)Nc2cccc(-n3ccnc3)c2)C1. The minimum atomic E-state index is 0.0330. The first kappa shape index (κ1) is 13.8. The molecule has 0 bridgehead atoms. The van der Waals surface area contributed by atoms with Gasteiger partial charge in [-0.15, -0.1) is 0 Å². The zero-order valence-electron chi connectivity index (χ0n) is 11.9. The average molecular weight is 284 g/mol. The molecule has 3 N–H and O–H groups in total. The van der Waals surface area contributed by atoms with E-state index in [1.165, 1.54) is 0 Å². The molecule has 5 heteroatoms. The van der Waals surface area contributed by atoms with Gasteiger partial charge in [-0.2, -0.15) is 0 Å². The predicted molar refractivity (Wildman–Crippen MR) is 82.1 cm³/mol. The minimum absolute atomic E-state index is 0.0330. The highest BCUT2D eigenvalue weighted by Gasteiger charge is 2.25. The number of benzene rings is 1. The van der Waals surface area contributed by atoms with Crippen LogP contribution in [0.1, 0.15) is 25.7 Å². The van der Waals surface area contributed by atoms with Gasteiger partial charge >= 0.3 is 0 Å². The van der Waals surface area contributed by atoms with Crippen LogP contribution in [0, 0.1) is 5.92 Å². The van der Waals surface area contributed by atoms with Gasteiger partial charge in [-0.3, -0.25) is 4.79 Å². The van der Waals surface area contributed by atoms with Crippen LogP contribution in [0.15, 0.2) is 43.0 Å². The van der Waals surface area contributed by atoms with Crippen molar-refractivity contribution in [3.63, 3.8) is 0 Å². The molecule has 1 aromatic heterocycles. The number of carbonyl (C=O) groups excluding carboxylic acids is 1. The van der Waals surface area contributed by atoms with Crippen LogP contribution in [-0.2, 0) is 4.79 Å². The van der Waals surface area contributed by atoms with Gasteiger partial charge in [0.15, 0.2) is 0 Å². The van der Waals surface area contributed by atoms with Crippen molar-refractivity contribution < 1.29 is 4.79 Å². The van der Waals surface area contributed by atoms with Crippen molar-refractivity contribution in [1.29, 1.82) is 0 Å². The molecule has 1 aromatic carbocycles. The molecule has 110 valence electrons. The minimum Gasteiger partial charge on any atom is -0.328 e. The summed E-state index contributed by atoms with van der Waals surface area (Å²) in [7, 11) is 0. The second kappa shape index (κ2) is 6.10. The summed E-state index contributed by atoms with van der Waals surface area (Å²) < 4.78 is 1.91. The highest BCUT2D eigenvalue weighted by Crippen LogP contribution is 2.25. The topological polar surface area (TPSA) is 72.9 Å². The average Bonchev–Trinajstić information content (AvgIpc) is 3.02. The van der Waals surface area contributed by atoms with E-state index in [1.807, 2.05) is 35.0 Å². The third kappa shape index (κ3) is 3.31. The van der Waals surface area contributed by atoms with Gasteiger partial charge in [0.1, 0.15) is 0 Å². The van der Waals surface area contributed by atoms with E-state index in [0.717, 1.165) is 37.1 Å². The predicted octanol–water partition coefficient (Wildman–Crippen LogP) is 2.33. The van der Waals surface area contributed by atoms with Gasteiger partial charge < -0.3 is 15.6 Å². The standard InChI is InChI=1S/C16H20N4O/c17-13-4-1-3-12(9-13)16(21)19-14-5-2-6-15(10-14)20-8-7-18-11-20/h2,5-8,10-13H,1,3-4,9,17H2,(H,19,21). The van der Waals surface area contributed by atoms with Crippen molar-refractivity contribution >= 4 is 11.6 Å². The quantitative estimate of drug-likeness (QED) is 0.908. The van der Waals surface area contributed by atoms with Crippen LogP contribution < -0.4 is 11.1 Å². The van der Waals surface area contributed by atoms with Gasteiger partial charge in [0, 0.05) is 35.7 Å².